The zero-order valence-electron chi connectivity index (χ0n) is 54.3. The van der Waals surface area contributed by atoms with Crippen molar-refractivity contribution in [2.24, 2.45) is 0 Å². The summed E-state index contributed by atoms with van der Waals surface area (Å²) in [6, 6.07) is -0.822. The SMILES string of the molecule is CCCCCCCCCC/C=C\CCCCCCCCCCCCCCCCCCCC(=O)NC(COC1OC(CO)C(O)C(O)C1O)C(O)/C=C/CC/C=C/CCCCCCCCCCCCCCCCCCCCCCCCCC. The van der Waals surface area contributed by atoms with Gasteiger partial charge in [0.2, 0.25) is 5.91 Å². The Morgan fingerprint density at radius 1 is 0.402 bits per heavy atom. The predicted molar refractivity (Wildman–Crippen MR) is 350 cm³/mol. The van der Waals surface area contributed by atoms with Crippen LogP contribution in [0.1, 0.15) is 367 Å². The second kappa shape index (κ2) is 62.5. The van der Waals surface area contributed by atoms with Gasteiger partial charge in [-0.3, -0.25) is 4.79 Å². The van der Waals surface area contributed by atoms with Crippen LogP contribution in [0.5, 0.6) is 0 Å². The molecule has 82 heavy (non-hydrogen) atoms. The fraction of sp³-hybridized carbons (Fsp3) is 0.904. The Labute approximate surface area is 508 Å². The lowest BCUT2D eigenvalue weighted by atomic mass is 9.99. The van der Waals surface area contributed by atoms with Gasteiger partial charge in [-0.25, -0.2) is 0 Å². The Balaban J connectivity index is 2.13. The Bertz CT molecular complexity index is 1390. The molecule has 0 aromatic rings. The number of aliphatic hydroxyl groups is 5. The molecule has 1 aliphatic rings. The number of rotatable bonds is 64. The molecular formula is C73H139NO8. The topological polar surface area (TPSA) is 149 Å². The minimum atomic E-state index is -1.57. The van der Waals surface area contributed by atoms with Crippen LogP contribution < -0.4 is 5.32 Å². The average Bonchev–Trinajstić information content (AvgIpc) is 3.57. The molecular weight excluding hydrogens is 1020 g/mol. The van der Waals surface area contributed by atoms with Crippen molar-refractivity contribution in [3.05, 3.63) is 36.5 Å². The normalized spacial score (nSPS) is 18.5. The molecule has 7 unspecified atom stereocenters. The van der Waals surface area contributed by atoms with Crippen molar-refractivity contribution in [3.8, 4) is 0 Å². The van der Waals surface area contributed by atoms with Gasteiger partial charge in [0.05, 0.1) is 25.4 Å². The van der Waals surface area contributed by atoms with Gasteiger partial charge in [0.15, 0.2) is 6.29 Å². The highest BCUT2D eigenvalue weighted by Crippen LogP contribution is 2.23. The van der Waals surface area contributed by atoms with E-state index < -0.39 is 49.5 Å². The number of ether oxygens (including phenoxy) is 2. The highest BCUT2D eigenvalue weighted by atomic mass is 16.7. The number of amides is 1. The van der Waals surface area contributed by atoms with Crippen LogP contribution in [0.4, 0.5) is 0 Å². The molecule has 1 fully saturated rings. The predicted octanol–water partition coefficient (Wildman–Crippen LogP) is 19.8. The van der Waals surface area contributed by atoms with E-state index in [2.05, 4.69) is 43.5 Å². The van der Waals surface area contributed by atoms with Crippen LogP contribution in [0.15, 0.2) is 36.5 Å². The molecule has 0 spiro atoms. The van der Waals surface area contributed by atoms with Crippen molar-refractivity contribution in [2.45, 2.75) is 410 Å². The molecule has 0 aromatic heterocycles. The third-order valence-corrected chi connectivity index (χ3v) is 17.4. The van der Waals surface area contributed by atoms with Crippen LogP contribution in [0.3, 0.4) is 0 Å². The molecule has 7 atom stereocenters. The van der Waals surface area contributed by atoms with E-state index >= 15 is 0 Å². The first-order valence-electron chi connectivity index (χ1n) is 36.2. The van der Waals surface area contributed by atoms with Crippen molar-refractivity contribution in [2.75, 3.05) is 13.2 Å². The Morgan fingerprint density at radius 3 is 1.02 bits per heavy atom. The maximum atomic E-state index is 13.1. The second-order valence-electron chi connectivity index (χ2n) is 25.4. The first kappa shape index (κ1) is 78.4. The van der Waals surface area contributed by atoms with Crippen molar-refractivity contribution in [1.82, 2.24) is 5.32 Å². The van der Waals surface area contributed by atoms with Crippen LogP contribution in [-0.4, -0.2) is 87.5 Å². The van der Waals surface area contributed by atoms with Gasteiger partial charge in [-0.05, 0) is 57.8 Å². The molecule has 1 rings (SSSR count). The number of aliphatic hydroxyl groups excluding tert-OH is 5. The molecule has 9 nitrogen and oxygen atoms in total. The van der Waals surface area contributed by atoms with Gasteiger partial charge in [0.1, 0.15) is 24.4 Å². The molecule has 0 saturated carbocycles. The molecule has 0 radical (unpaired) electrons. The van der Waals surface area contributed by atoms with Crippen LogP contribution >= 0.6 is 0 Å². The first-order valence-corrected chi connectivity index (χ1v) is 36.2. The van der Waals surface area contributed by atoms with Gasteiger partial charge in [0, 0.05) is 6.42 Å². The van der Waals surface area contributed by atoms with Crippen LogP contribution in [0.25, 0.3) is 0 Å². The fourth-order valence-electron chi connectivity index (χ4n) is 11.8. The largest absolute Gasteiger partial charge is 0.394 e. The maximum Gasteiger partial charge on any atom is 0.220 e. The van der Waals surface area contributed by atoms with Crippen LogP contribution in [0.2, 0.25) is 0 Å². The van der Waals surface area contributed by atoms with E-state index in [9.17, 15) is 30.3 Å². The van der Waals surface area contributed by atoms with Gasteiger partial charge in [0.25, 0.3) is 0 Å². The third-order valence-electron chi connectivity index (χ3n) is 17.4. The summed E-state index contributed by atoms with van der Waals surface area (Å²) in [4.78, 5) is 13.1. The number of hydrogen-bond acceptors (Lipinski definition) is 8. The summed E-state index contributed by atoms with van der Waals surface area (Å²) in [5.41, 5.74) is 0. The summed E-state index contributed by atoms with van der Waals surface area (Å²) in [5, 5.41) is 54.8. The molecule has 1 aliphatic heterocycles. The Hall–Kier alpha value is -1.59. The van der Waals surface area contributed by atoms with E-state index in [0.717, 1.165) is 38.5 Å². The molecule has 1 saturated heterocycles. The van der Waals surface area contributed by atoms with E-state index in [1.165, 1.54) is 308 Å². The van der Waals surface area contributed by atoms with Gasteiger partial charge in [-0.1, -0.05) is 339 Å². The third kappa shape index (κ3) is 50.6. The highest BCUT2D eigenvalue weighted by Gasteiger charge is 2.44. The van der Waals surface area contributed by atoms with Crippen molar-refractivity contribution < 1.29 is 39.8 Å². The summed E-state index contributed by atoms with van der Waals surface area (Å²) in [6.07, 6.45) is 77.0. The molecule has 484 valence electrons. The van der Waals surface area contributed by atoms with Crippen molar-refractivity contribution in [3.63, 3.8) is 0 Å². The lowest BCUT2D eigenvalue weighted by Crippen LogP contribution is -2.60. The number of allylic oxidation sites excluding steroid dienone is 5. The second-order valence-corrected chi connectivity index (χ2v) is 25.4. The summed E-state index contributed by atoms with van der Waals surface area (Å²) in [5.74, 6) is -0.179. The van der Waals surface area contributed by atoms with Crippen molar-refractivity contribution >= 4 is 5.91 Å². The lowest BCUT2D eigenvalue weighted by molar-refractivity contribution is -0.302. The highest BCUT2D eigenvalue weighted by molar-refractivity contribution is 5.76. The van der Waals surface area contributed by atoms with Gasteiger partial charge in [-0.15, -0.1) is 0 Å². The minimum Gasteiger partial charge on any atom is -0.394 e. The zero-order valence-corrected chi connectivity index (χ0v) is 54.3. The lowest BCUT2D eigenvalue weighted by Gasteiger charge is -2.40. The average molecular weight is 1160 g/mol. The van der Waals surface area contributed by atoms with E-state index in [1.54, 1.807) is 6.08 Å². The molecule has 0 aromatic carbocycles. The number of nitrogens with one attached hydrogen (secondary N) is 1. The Morgan fingerprint density at radius 2 is 0.695 bits per heavy atom. The molecule has 1 heterocycles. The van der Waals surface area contributed by atoms with Crippen LogP contribution in [0, 0.1) is 0 Å². The number of carbonyl (C=O) groups excluding carboxylic acids is 1. The summed E-state index contributed by atoms with van der Waals surface area (Å²) < 4.78 is 11.3. The van der Waals surface area contributed by atoms with Crippen LogP contribution in [-0.2, 0) is 14.3 Å². The molecule has 9 heteroatoms. The number of unbranched alkanes of at least 4 members (excludes halogenated alkanes) is 50. The monoisotopic (exact) mass is 1160 g/mol. The van der Waals surface area contributed by atoms with E-state index in [-0.39, 0.29) is 12.5 Å². The Kier molecular flexibility index (Phi) is 59.7. The van der Waals surface area contributed by atoms with Crippen molar-refractivity contribution in [1.29, 1.82) is 0 Å². The first-order chi connectivity index (χ1) is 40.3. The minimum absolute atomic E-state index is 0.179. The maximum absolute atomic E-state index is 13.1. The fourth-order valence-corrected chi connectivity index (χ4v) is 11.8. The molecule has 1 amide bonds. The van der Waals surface area contributed by atoms with Gasteiger partial charge in [-0.2, -0.15) is 0 Å². The zero-order chi connectivity index (χ0) is 59.3. The number of hydrogen-bond donors (Lipinski definition) is 6. The molecule has 0 bridgehead atoms. The summed E-state index contributed by atoms with van der Waals surface area (Å²) in [6.45, 7) is 3.82. The standard InChI is InChI=1S/C73H139NO8/c1-3-5-7-9-11-13-15-17-19-21-23-25-27-29-31-33-35-36-38-40-42-44-46-48-50-52-54-56-58-60-62-67(76)66(65-81-73-72(80)71(79)70(78)68(64-75)82-73)74-69(77)63-61-59-57-55-53-51-49-47-45-43-41-39-37-34-32-30-28-26-24-22-20-18-16-14-12-10-8-6-4-2/h22,24,52,54,60,62,66-68,70-73,75-76,78-80H,3-21,23,25-51,53,55-59,61,63-65H2,1-2H3,(H,74,77)/b24-22-,54-52+,62-60+. The quantitative estimate of drug-likeness (QED) is 0.0261. The number of carbonyl (C=O) groups is 1. The van der Waals surface area contributed by atoms with E-state index in [0.29, 0.717) is 6.42 Å². The van der Waals surface area contributed by atoms with E-state index in [1.807, 2.05) is 6.08 Å². The summed E-state index contributed by atoms with van der Waals surface area (Å²) >= 11 is 0. The molecule has 0 aliphatic carbocycles. The molecule has 6 N–H and O–H groups in total. The van der Waals surface area contributed by atoms with Gasteiger partial charge >= 0.3 is 0 Å². The van der Waals surface area contributed by atoms with E-state index in [4.69, 9.17) is 9.47 Å². The summed E-state index contributed by atoms with van der Waals surface area (Å²) in [7, 11) is 0. The smallest absolute Gasteiger partial charge is 0.220 e. The van der Waals surface area contributed by atoms with Gasteiger partial charge < -0.3 is 40.3 Å².